The van der Waals surface area contributed by atoms with Crippen molar-refractivity contribution in [3.05, 3.63) is 52.6 Å². The first-order valence-electron chi connectivity index (χ1n) is 8.14. The van der Waals surface area contributed by atoms with Gasteiger partial charge >= 0.3 is 6.01 Å². The molecule has 3 aromatic rings. The van der Waals surface area contributed by atoms with Crippen LogP contribution >= 0.6 is 11.3 Å². The average molecular weight is 374 g/mol. The van der Waals surface area contributed by atoms with Crippen LogP contribution in [-0.4, -0.2) is 39.0 Å². The minimum atomic E-state index is -0.407. The molecule has 0 N–H and O–H groups in total. The lowest BCUT2D eigenvalue weighted by atomic mass is 9.98. The Balaban J connectivity index is 1.44. The monoisotopic (exact) mass is 374 g/mol. The van der Waals surface area contributed by atoms with Crippen LogP contribution in [0.4, 0.5) is 4.39 Å². The predicted octanol–water partition coefficient (Wildman–Crippen LogP) is 3.48. The van der Waals surface area contributed by atoms with Crippen LogP contribution < -0.4 is 4.74 Å². The number of amides is 1. The van der Waals surface area contributed by atoms with Crippen LogP contribution in [0.15, 0.2) is 40.5 Å². The van der Waals surface area contributed by atoms with E-state index in [0.717, 1.165) is 12.8 Å². The lowest BCUT2D eigenvalue weighted by molar-refractivity contribution is 0.0700. The molecular weight excluding hydrogens is 359 g/mol. The number of hydrogen-bond acceptors (Lipinski definition) is 7. The molecule has 1 aromatic carbocycles. The summed E-state index contributed by atoms with van der Waals surface area (Å²) in [5.74, 6) is 0.211. The molecule has 9 heteroatoms. The number of hydrogen-bond donors (Lipinski definition) is 0. The topological polar surface area (TPSA) is 81.4 Å². The molecule has 134 valence electrons. The molecule has 4 rings (SSSR count). The highest BCUT2D eigenvalue weighted by atomic mass is 32.1. The third kappa shape index (κ3) is 3.57. The highest BCUT2D eigenvalue weighted by molar-refractivity contribution is 7.11. The molecule has 26 heavy (non-hydrogen) atoms. The largest absolute Gasteiger partial charge is 0.422 e. The quantitative estimate of drug-likeness (QED) is 0.695. The SMILES string of the molecule is O=C(c1cncs1)N1CCC[C@H](c2nc(Oc3cccc(F)c3)no2)C1. The molecule has 1 aliphatic rings. The maximum atomic E-state index is 13.2. The van der Waals surface area contributed by atoms with Crippen molar-refractivity contribution in [2.24, 2.45) is 0 Å². The van der Waals surface area contributed by atoms with E-state index in [1.807, 2.05) is 0 Å². The maximum absolute atomic E-state index is 13.2. The minimum Gasteiger partial charge on any atom is -0.422 e. The van der Waals surface area contributed by atoms with E-state index in [2.05, 4.69) is 15.1 Å². The number of carbonyl (C=O) groups excluding carboxylic acids is 1. The normalized spacial score (nSPS) is 17.3. The zero-order valence-corrected chi connectivity index (χ0v) is 14.5. The fourth-order valence-electron chi connectivity index (χ4n) is 2.90. The second-order valence-corrected chi connectivity index (χ2v) is 6.82. The first-order valence-corrected chi connectivity index (χ1v) is 9.02. The molecule has 1 amide bonds. The molecule has 2 aromatic heterocycles. The number of likely N-dealkylation sites (tertiary alicyclic amines) is 1. The first kappa shape index (κ1) is 16.6. The molecule has 1 aliphatic heterocycles. The van der Waals surface area contributed by atoms with E-state index in [-0.39, 0.29) is 17.8 Å². The second-order valence-electron chi connectivity index (χ2n) is 5.93. The molecule has 3 heterocycles. The Morgan fingerprint density at radius 3 is 3.15 bits per heavy atom. The number of carbonyl (C=O) groups is 1. The summed E-state index contributed by atoms with van der Waals surface area (Å²) in [7, 11) is 0. The highest BCUT2D eigenvalue weighted by Gasteiger charge is 2.29. The smallest absolute Gasteiger partial charge is 0.359 e. The van der Waals surface area contributed by atoms with E-state index >= 15 is 0 Å². The Hall–Kier alpha value is -2.81. The summed E-state index contributed by atoms with van der Waals surface area (Å²) in [6, 6.07) is 5.74. The van der Waals surface area contributed by atoms with Gasteiger partial charge in [0.2, 0.25) is 5.89 Å². The van der Waals surface area contributed by atoms with Gasteiger partial charge in [-0.2, -0.15) is 4.98 Å². The van der Waals surface area contributed by atoms with Crippen LogP contribution in [0.2, 0.25) is 0 Å². The molecular formula is C17H15FN4O3S. The van der Waals surface area contributed by atoms with Crippen molar-refractivity contribution in [3.63, 3.8) is 0 Å². The lowest BCUT2D eigenvalue weighted by Crippen LogP contribution is -2.38. The second kappa shape index (κ2) is 7.20. The van der Waals surface area contributed by atoms with Gasteiger partial charge in [0.15, 0.2) is 0 Å². The van der Waals surface area contributed by atoms with Crippen molar-refractivity contribution in [3.8, 4) is 11.8 Å². The molecule has 1 saturated heterocycles. The summed E-state index contributed by atoms with van der Waals surface area (Å²) in [6.07, 6.45) is 3.26. The average Bonchev–Trinajstić information content (AvgIpc) is 3.33. The van der Waals surface area contributed by atoms with Crippen molar-refractivity contribution in [2.75, 3.05) is 13.1 Å². The Kier molecular flexibility index (Phi) is 4.61. The number of thiazole rings is 1. The number of aromatic nitrogens is 3. The van der Waals surface area contributed by atoms with Crippen LogP contribution in [-0.2, 0) is 0 Å². The standard InChI is InChI=1S/C17H15FN4O3S/c18-12-4-1-5-13(7-12)24-17-20-15(25-21-17)11-3-2-6-22(9-11)16(23)14-8-19-10-26-14/h1,4-5,7-8,10-11H,2-3,6,9H2/t11-/m0/s1. The van der Waals surface area contributed by atoms with E-state index in [4.69, 9.17) is 9.26 Å². The number of halogens is 1. The van der Waals surface area contributed by atoms with Gasteiger partial charge in [0.1, 0.15) is 16.4 Å². The predicted molar refractivity (Wildman–Crippen MR) is 90.8 cm³/mol. The van der Waals surface area contributed by atoms with E-state index in [9.17, 15) is 9.18 Å². The fourth-order valence-corrected chi connectivity index (χ4v) is 3.49. The van der Waals surface area contributed by atoms with Gasteiger partial charge < -0.3 is 14.2 Å². The van der Waals surface area contributed by atoms with Gasteiger partial charge in [-0.1, -0.05) is 6.07 Å². The van der Waals surface area contributed by atoms with Gasteiger partial charge in [-0.25, -0.2) is 4.39 Å². The van der Waals surface area contributed by atoms with Crippen molar-refractivity contribution in [1.29, 1.82) is 0 Å². The van der Waals surface area contributed by atoms with Gasteiger partial charge in [-0.3, -0.25) is 9.78 Å². The van der Waals surface area contributed by atoms with E-state index in [1.165, 1.54) is 29.5 Å². The fraction of sp³-hybridized carbons (Fsp3) is 0.294. The Morgan fingerprint density at radius 1 is 1.42 bits per heavy atom. The Morgan fingerprint density at radius 2 is 2.35 bits per heavy atom. The third-order valence-corrected chi connectivity index (χ3v) is 4.89. The molecule has 0 saturated carbocycles. The lowest BCUT2D eigenvalue weighted by Gasteiger charge is -2.30. The first-order chi connectivity index (χ1) is 12.7. The van der Waals surface area contributed by atoms with Crippen LogP contribution in [0.3, 0.4) is 0 Å². The number of ether oxygens (including phenoxy) is 1. The van der Waals surface area contributed by atoms with Crippen LogP contribution in [0.5, 0.6) is 11.8 Å². The molecule has 0 bridgehead atoms. The van der Waals surface area contributed by atoms with E-state index < -0.39 is 5.82 Å². The summed E-state index contributed by atoms with van der Waals surface area (Å²) >= 11 is 1.32. The number of benzene rings is 1. The molecule has 0 unspecified atom stereocenters. The molecule has 0 radical (unpaired) electrons. The van der Waals surface area contributed by atoms with Gasteiger partial charge in [0.05, 0.1) is 17.6 Å². The van der Waals surface area contributed by atoms with Gasteiger partial charge in [0, 0.05) is 19.2 Å². The molecule has 7 nitrogen and oxygen atoms in total. The van der Waals surface area contributed by atoms with Crippen LogP contribution in [0, 0.1) is 5.82 Å². The molecule has 0 aliphatic carbocycles. The number of rotatable bonds is 4. The molecule has 1 fully saturated rings. The summed E-state index contributed by atoms with van der Waals surface area (Å²) in [4.78, 5) is 23.1. The van der Waals surface area contributed by atoms with Crippen molar-refractivity contribution < 1.29 is 18.4 Å². The van der Waals surface area contributed by atoms with Crippen molar-refractivity contribution in [2.45, 2.75) is 18.8 Å². The number of nitrogens with zero attached hydrogens (tertiary/aromatic N) is 4. The summed E-state index contributed by atoms with van der Waals surface area (Å²) in [5.41, 5.74) is 1.64. The Labute approximate surface area is 152 Å². The summed E-state index contributed by atoms with van der Waals surface area (Å²) in [6.45, 7) is 1.19. The van der Waals surface area contributed by atoms with E-state index in [1.54, 1.807) is 22.7 Å². The van der Waals surface area contributed by atoms with Crippen molar-refractivity contribution >= 4 is 17.2 Å². The Bertz CT molecular complexity index is 899. The number of piperidine rings is 1. The third-order valence-electron chi connectivity index (χ3n) is 4.13. The highest BCUT2D eigenvalue weighted by Crippen LogP contribution is 2.29. The van der Waals surface area contributed by atoms with Crippen LogP contribution in [0.25, 0.3) is 0 Å². The maximum Gasteiger partial charge on any atom is 0.359 e. The molecule has 1 atom stereocenters. The summed E-state index contributed by atoms with van der Waals surface area (Å²) < 4.78 is 23.9. The van der Waals surface area contributed by atoms with Gasteiger partial charge in [-0.15, -0.1) is 11.3 Å². The minimum absolute atomic E-state index is 0.0245. The van der Waals surface area contributed by atoms with Gasteiger partial charge in [-0.05, 0) is 30.1 Å². The zero-order valence-electron chi connectivity index (χ0n) is 13.7. The van der Waals surface area contributed by atoms with Crippen LogP contribution in [0.1, 0.15) is 34.3 Å². The van der Waals surface area contributed by atoms with Gasteiger partial charge in [0.25, 0.3) is 5.91 Å². The van der Waals surface area contributed by atoms with Crippen molar-refractivity contribution in [1.82, 2.24) is 20.0 Å². The van der Waals surface area contributed by atoms with E-state index in [0.29, 0.717) is 29.6 Å². The molecule has 0 spiro atoms. The summed E-state index contributed by atoms with van der Waals surface area (Å²) in [5, 5.41) is 3.79. The zero-order chi connectivity index (χ0) is 17.9.